The van der Waals surface area contributed by atoms with Crippen molar-refractivity contribution < 1.29 is 24.4 Å². The van der Waals surface area contributed by atoms with Gasteiger partial charge in [0.25, 0.3) is 0 Å². The molecule has 2 aliphatic carbocycles. The third-order valence-electron chi connectivity index (χ3n) is 6.68. The summed E-state index contributed by atoms with van der Waals surface area (Å²) in [5.74, 6) is 0.299. The molecule has 6 atom stereocenters. The number of rotatable bonds is 2. The third kappa shape index (κ3) is 1.45. The monoisotopic (exact) mass is 331 g/mol. The fraction of sp³-hybridized carbons (Fsp3) is 0.611. The lowest BCUT2D eigenvalue weighted by molar-refractivity contribution is -0.896. The molecule has 6 rings (SSSR count). The minimum absolute atomic E-state index is 0.120. The Labute approximate surface area is 139 Å². The van der Waals surface area contributed by atoms with Crippen LogP contribution in [0, 0.1) is 5.21 Å². The molecule has 0 amide bonds. The van der Waals surface area contributed by atoms with E-state index in [0.29, 0.717) is 32.4 Å². The summed E-state index contributed by atoms with van der Waals surface area (Å²) in [4.78, 5) is 12.6. The molecule has 6 heteroatoms. The molecule has 0 radical (unpaired) electrons. The maximum Gasteiger partial charge on any atom is 0.191 e. The number of phenols is 1. The molecule has 2 N–H and O–H groups in total. The zero-order valence-electron chi connectivity index (χ0n) is 13.6. The first-order valence-corrected chi connectivity index (χ1v) is 8.72. The van der Waals surface area contributed by atoms with Gasteiger partial charge in [0.15, 0.2) is 5.78 Å². The van der Waals surface area contributed by atoms with Gasteiger partial charge >= 0.3 is 0 Å². The summed E-state index contributed by atoms with van der Waals surface area (Å²) in [7, 11) is 0. The van der Waals surface area contributed by atoms with Crippen molar-refractivity contribution in [1.82, 2.24) is 0 Å². The van der Waals surface area contributed by atoms with Crippen LogP contribution in [0.3, 0.4) is 0 Å². The van der Waals surface area contributed by atoms with Gasteiger partial charge in [0.2, 0.25) is 0 Å². The van der Waals surface area contributed by atoms with E-state index in [4.69, 9.17) is 9.47 Å². The van der Waals surface area contributed by atoms with Crippen LogP contribution in [0.15, 0.2) is 18.2 Å². The molecule has 2 unspecified atom stereocenters. The van der Waals surface area contributed by atoms with Crippen LogP contribution in [-0.2, 0) is 26.1 Å². The van der Waals surface area contributed by atoms with Crippen LogP contribution < -0.4 is 5.06 Å². The summed E-state index contributed by atoms with van der Waals surface area (Å²) in [6.45, 7) is 2.86. The summed E-state index contributed by atoms with van der Waals surface area (Å²) in [5, 5.41) is 23.1. The number of ether oxygens (including phenoxy) is 2. The summed E-state index contributed by atoms with van der Waals surface area (Å²) >= 11 is 0. The first kappa shape index (κ1) is 14.8. The highest BCUT2D eigenvalue weighted by atomic mass is 16.6. The largest absolute Gasteiger partial charge is 0.634 e. The van der Waals surface area contributed by atoms with E-state index >= 15 is 0 Å². The molecule has 4 fully saturated rings. The van der Waals surface area contributed by atoms with E-state index in [0.717, 1.165) is 11.1 Å². The number of piperidine rings is 1. The molecule has 1 saturated carbocycles. The Bertz CT molecular complexity index is 736. The molecule has 128 valence electrons. The van der Waals surface area contributed by atoms with Gasteiger partial charge in [-0.1, -0.05) is 6.07 Å². The SMILES string of the molecule is CCO[C@@]12CC3O[C@@H](C3=O)[C@@]13CC[NH+]([O-])[C@@H]2Cc1ccc(O)cc13. The number of fused-ring (bicyclic) bond motifs is 1. The second-order valence-electron chi connectivity index (χ2n) is 7.47. The number of phenolic OH excluding ortho intramolecular Hbond substituents is 1. The zero-order valence-corrected chi connectivity index (χ0v) is 13.6. The lowest BCUT2D eigenvalue weighted by Crippen LogP contribution is -3.18. The second-order valence-corrected chi connectivity index (χ2v) is 7.47. The highest BCUT2D eigenvalue weighted by Crippen LogP contribution is 2.61. The van der Waals surface area contributed by atoms with Crippen molar-refractivity contribution in [3.63, 3.8) is 0 Å². The number of Topliss-reactive ketones (excluding diaryl/α,β-unsaturated/α-hetero) is 1. The molecule has 1 aromatic carbocycles. The number of carbonyl (C=O) groups excluding carboxylic acids is 1. The van der Waals surface area contributed by atoms with Crippen molar-refractivity contribution in [2.45, 2.75) is 55.5 Å². The Balaban J connectivity index is 1.81. The van der Waals surface area contributed by atoms with Gasteiger partial charge in [-0.25, -0.2) is 0 Å². The van der Waals surface area contributed by atoms with Crippen LogP contribution in [0.4, 0.5) is 0 Å². The van der Waals surface area contributed by atoms with Crippen molar-refractivity contribution >= 4 is 5.78 Å². The molecule has 0 aromatic heterocycles. The van der Waals surface area contributed by atoms with Crippen molar-refractivity contribution in [3.8, 4) is 5.75 Å². The van der Waals surface area contributed by atoms with Gasteiger partial charge in [-0.3, -0.25) is 4.79 Å². The molecular formula is C18H21NO5. The molecular weight excluding hydrogens is 310 g/mol. The molecule has 3 heterocycles. The Morgan fingerprint density at radius 1 is 1.50 bits per heavy atom. The smallest absolute Gasteiger partial charge is 0.191 e. The first-order valence-electron chi connectivity index (χ1n) is 8.72. The van der Waals surface area contributed by atoms with Crippen molar-refractivity contribution in [3.05, 3.63) is 34.5 Å². The summed E-state index contributed by atoms with van der Waals surface area (Å²) < 4.78 is 12.2. The first-order chi connectivity index (χ1) is 11.5. The average Bonchev–Trinajstić information content (AvgIpc) is 2.57. The lowest BCUT2D eigenvalue weighted by Gasteiger charge is -2.69. The Hall–Kier alpha value is -1.47. The molecule has 1 aromatic rings. The predicted octanol–water partition coefficient (Wildman–Crippen LogP) is -0.143. The highest BCUT2D eigenvalue weighted by molar-refractivity contribution is 5.95. The van der Waals surface area contributed by atoms with Gasteiger partial charge in [0.1, 0.15) is 29.6 Å². The molecule has 3 aliphatic heterocycles. The van der Waals surface area contributed by atoms with Crippen LogP contribution in [0.5, 0.6) is 5.75 Å². The van der Waals surface area contributed by atoms with Gasteiger partial charge in [-0.05, 0) is 30.2 Å². The van der Waals surface area contributed by atoms with Crippen LogP contribution in [0.2, 0.25) is 0 Å². The number of ketones is 1. The topological polar surface area (TPSA) is 83.3 Å². The molecule has 3 saturated heterocycles. The summed E-state index contributed by atoms with van der Waals surface area (Å²) in [6.07, 6.45) is 0.606. The lowest BCUT2D eigenvalue weighted by atomic mass is 9.46. The molecule has 4 bridgehead atoms. The van der Waals surface area contributed by atoms with Crippen molar-refractivity contribution in [1.29, 1.82) is 0 Å². The fourth-order valence-corrected chi connectivity index (χ4v) is 5.84. The minimum Gasteiger partial charge on any atom is -0.634 e. The highest BCUT2D eigenvalue weighted by Gasteiger charge is 2.77. The number of quaternary nitrogens is 1. The average molecular weight is 331 g/mol. The molecule has 6 nitrogen and oxygen atoms in total. The third-order valence-corrected chi connectivity index (χ3v) is 6.68. The number of hydroxylamine groups is 2. The van der Waals surface area contributed by atoms with Crippen LogP contribution >= 0.6 is 0 Å². The fourth-order valence-electron chi connectivity index (χ4n) is 5.84. The summed E-state index contributed by atoms with van der Waals surface area (Å²) in [6, 6.07) is 5.05. The molecule has 5 aliphatic rings. The zero-order chi connectivity index (χ0) is 16.7. The normalized spacial score (nSPS) is 45.2. The molecule has 24 heavy (non-hydrogen) atoms. The van der Waals surface area contributed by atoms with Crippen molar-refractivity contribution in [2.24, 2.45) is 0 Å². The maximum absolute atomic E-state index is 12.8. The number of nitrogens with one attached hydrogen (secondary N) is 1. The molecule has 0 spiro atoms. The number of carbonyl (C=O) groups is 1. The Morgan fingerprint density at radius 2 is 2.33 bits per heavy atom. The van der Waals surface area contributed by atoms with E-state index in [2.05, 4.69) is 0 Å². The van der Waals surface area contributed by atoms with Crippen LogP contribution in [0.25, 0.3) is 0 Å². The van der Waals surface area contributed by atoms with Gasteiger partial charge in [-0.15, -0.1) is 0 Å². The van der Waals surface area contributed by atoms with E-state index in [1.54, 1.807) is 12.1 Å². The number of benzene rings is 1. The number of aromatic hydroxyl groups is 1. The van der Waals surface area contributed by atoms with E-state index in [9.17, 15) is 15.1 Å². The van der Waals surface area contributed by atoms with E-state index in [-0.39, 0.29) is 22.6 Å². The quantitative estimate of drug-likeness (QED) is 0.737. The standard InChI is InChI=1S/C18H21NO5/c1-2-23-18-9-13-15(21)16(24-13)17(18)5-6-19(22)14(18)7-10-3-4-11(20)8-12(10)17/h3-4,8,13-14,16,19-20H,2,5-7,9H2,1H3/t13?,14-,16+,17+,18-/m1/s1. The Morgan fingerprint density at radius 3 is 3.08 bits per heavy atom. The number of hydrogen-bond acceptors (Lipinski definition) is 5. The van der Waals surface area contributed by atoms with Gasteiger partial charge in [0.05, 0.1) is 12.0 Å². The van der Waals surface area contributed by atoms with Gasteiger partial charge < -0.3 is 24.9 Å². The second kappa shape index (κ2) is 4.58. The number of hydrogen-bond donors (Lipinski definition) is 2. The van der Waals surface area contributed by atoms with Gasteiger partial charge in [-0.2, -0.15) is 0 Å². The minimum atomic E-state index is -0.681. The maximum atomic E-state index is 12.8. The van der Waals surface area contributed by atoms with Crippen molar-refractivity contribution in [2.75, 3.05) is 13.2 Å². The van der Waals surface area contributed by atoms with E-state index in [1.165, 1.54) is 0 Å². The van der Waals surface area contributed by atoms with Crippen LogP contribution in [0.1, 0.15) is 30.9 Å². The van der Waals surface area contributed by atoms with Crippen LogP contribution in [-0.4, -0.2) is 47.9 Å². The Kier molecular flexibility index (Phi) is 2.83. The van der Waals surface area contributed by atoms with E-state index < -0.39 is 23.2 Å². The van der Waals surface area contributed by atoms with Gasteiger partial charge in [0, 0.05) is 25.9 Å². The summed E-state index contributed by atoms with van der Waals surface area (Å²) in [5.41, 5.74) is 0.637. The predicted molar refractivity (Wildman–Crippen MR) is 83.7 cm³/mol. The van der Waals surface area contributed by atoms with E-state index in [1.807, 2.05) is 13.0 Å².